The molecule has 0 fully saturated rings. The van der Waals surface area contributed by atoms with Crippen molar-refractivity contribution in [2.75, 3.05) is 5.32 Å². The number of hydrogen-bond acceptors (Lipinski definition) is 1. The minimum absolute atomic E-state index is 0.0592. The summed E-state index contributed by atoms with van der Waals surface area (Å²) in [5.41, 5.74) is 1.63. The summed E-state index contributed by atoms with van der Waals surface area (Å²) < 4.78 is 25.6. The molecule has 0 aliphatic heterocycles. The Labute approximate surface area is 121 Å². The molecule has 2 N–H and O–H groups in total. The van der Waals surface area contributed by atoms with E-state index in [0.29, 0.717) is 10.8 Å². The Morgan fingerprint density at radius 3 is 2.00 bits per heavy atom. The standard InChI is InChI=1S/C15H14F2N2S/c1-10(11-2-4-12(16)5-3-11)18-15(20)19-14-8-6-13(17)7-9-14/h2-10H,1H3,(H2,18,19,20)/t10-/m1/s1. The van der Waals surface area contributed by atoms with Gasteiger partial charge in [-0.15, -0.1) is 0 Å². The summed E-state index contributed by atoms with van der Waals surface area (Å²) in [5, 5.41) is 6.47. The first-order valence-corrected chi connectivity index (χ1v) is 6.54. The largest absolute Gasteiger partial charge is 0.356 e. The number of nitrogens with one attached hydrogen (secondary N) is 2. The maximum absolute atomic E-state index is 12.8. The molecule has 0 spiro atoms. The van der Waals surface area contributed by atoms with Crippen molar-refractivity contribution >= 4 is 23.0 Å². The SMILES string of the molecule is C[C@@H](NC(=S)Nc1ccc(F)cc1)c1ccc(F)cc1. The van der Waals surface area contributed by atoms with Crippen LogP contribution in [0.1, 0.15) is 18.5 Å². The fraction of sp³-hybridized carbons (Fsp3) is 0.133. The number of hydrogen-bond donors (Lipinski definition) is 2. The van der Waals surface area contributed by atoms with E-state index < -0.39 is 0 Å². The predicted molar refractivity (Wildman–Crippen MR) is 80.6 cm³/mol. The van der Waals surface area contributed by atoms with Gasteiger partial charge in [-0.3, -0.25) is 0 Å². The Morgan fingerprint density at radius 1 is 0.950 bits per heavy atom. The lowest BCUT2D eigenvalue weighted by atomic mass is 10.1. The van der Waals surface area contributed by atoms with Gasteiger partial charge >= 0.3 is 0 Å². The molecule has 1 atom stereocenters. The third-order valence-corrected chi connectivity index (χ3v) is 3.04. The van der Waals surface area contributed by atoms with Crippen molar-refractivity contribution in [1.82, 2.24) is 5.32 Å². The summed E-state index contributed by atoms with van der Waals surface area (Å²) in [5.74, 6) is -0.568. The van der Waals surface area contributed by atoms with E-state index in [1.54, 1.807) is 24.3 Å². The summed E-state index contributed by atoms with van der Waals surface area (Å²) in [6.07, 6.45) is 0. The van der Waals surface area contributed by atoms with E-state index in [1.807, 2.05) is 6.92 Å². The minimum atomic E-state index is -0.297. The lowest BCUT2D eigenvalue weighted by molar-refractivity contribution is 0.624. The van der Waals surface area contributed by atoms with Gasteiger partial charge in [0.15, 0.2) is 5.11 Å². The molecule has 2 aromatic rings. The van der Waals surface area contributed by atoms with Gasteiger partial charge in [0.25, 0.3) is 0 Å². The molecule has 5 heteroatoms. The van der Waals surface area contributed by atoms with Crippen LogP contribution in [0.2, 0.25) is 0 Å². The van der Waals surface area contributed by atoms with Crippen LogP contribution in [0.15, 0.2) is 48.5 Å². The van der Waals surface area contributed by atoms with Gasteiger partial charge in [-0.1, -0.05) is 12.1 Å². The second-order valence-electron chi connectivity index (χ2n) is 4.38. The van der Waals surface area contributed by atoms with Crippen LogP contribution in [-0.4, -0.2) is 5.11 Å². The second kappa shape index (κ2) is 6.43. The molecule has 20 heavy (non-hydrogen) atoms. The Bertz CT molecular complexity index is 582. The van der Waals surface area contributed by atoms with Crippen molar-refractivity contribution in [2.24, 2.45) is 0 Å². The van der Waals surface area contributed by atoms with Crippen molar-refractivity contribution in [2.45, 2.75) is 13.0 Å². The maximum Gasteiger partial charge on any atom is 0.171 e. The van der Waals surface area contributed by atoms with E-state index in [0.717, 1.165) is 5.56 Å². The van der Waals surface area contributed by atoms with Gasteiger partial charge in [0.1, 0.15) is 11.6 Å². The van der Waals surface area contributed by atoms with E-state index in [1.165, 1.54) is 24.3 Å². The molecule has 0 aliphatic rings. The van der Waals surface area contributed by atoms with Crippen LogP contribution >= 0.6 is 12.2 Å². The summed E-state index contributed by atoms with van der Waals surface area (Å²) in [6, 6.07) is 12.1. The normalized spacial score (nSPS) is 11.8. The Kier molecular flexibility index (Phi) is 4.63. The zero-order valence-corrected chi connectivity index (χ0v) is 11.7. The third-order valence-electron chi connectivity index (χ3n) is 2.82. The molecule has 104 valence electrons. The average Bonchev–Trinajstić information content (AvgIpc) is 2.42. The first kappa shape index (κ1) is 14.4. The van der Waals surface area contributed by atoms with Crippen molar-refractivity contribution in [3.05, 3.63) is 65.7 Å². The van der Waals surface area contributed by atoms with Crippen LogP contribution in [0.5, 0.6) is 0 Å². The lowest BCUT2D eigenvalue weighted by Crippen LogP contribution is -2.30. The highest BCUT2D eigenvalue weighted by atomic mass is 32.1. The number of benzene rings is 2. The lowest BCUT2D eigenvalue weighted by Gasteiger charge is -2.17. The van der Waals surface area contributed by atoms with Gasteiger partial charge in [0, 0.05) is 5.69 Å². The summed E-state index contributed by atoms with van der Waals surface area (Å²) in [7, 11) is 0. The maximum atomic E-state index is 12.8. The van der Waals surface area contributed by atoms with Crippen molar-refractivity contribution in [3.63, 3.8) is 0 Å². The van der Waals surface area contributed by atoms with Crippen LogP contribution in [-0.2, 0) is 0 Å². The molecular weight excluding hydrogens is 278 g/mol. The molecule has 0 saturated carbocycles. The van der Waals surface area contributed by atoms with Gasteiger partial charge in [-0.05, 0) is 61.1 Å². The molecule has 0 aromatic heterocycles. The average molecular weight is 292 g/mol. The molecule has 0 saturated heterocycles. The highest BCUT2D eigenvalue weighted by Crippen LogP contribution is 2.14. The predicted octanol–water partition coefficient (Wildman–Crippen LogP) is 4.01. The second-order valence-corrected chi connectivity index (χ2v) is 4.79. The van der Waals surface area contributed by atoms with Crippen LogP contribution in [0.3, 0.4) is 0 Å². The van der Waals surface area contributed by atoms with Crippen molar-refractivity contribution < 1.29 is 8.78 Å². The van der Waals surface area contributed by atoms with Gasteiger partial charge in [0.05, 0.1) is 6.04 Å². The van der Waals surface area contributed by atoms with Crippen molar-refractivity contribution in [3.8, 4) is 0 Å². The summed E-state index contributed by atoms with van der Waals surface area (Å²) in [4.78, 5) is 0. The van der Waals surface area contributed by atoms with E-state index in [4.69, 9.17) is 12.2 Å². The van der Waals surface area contributed by atoms with Gasteiger partial charge in [-0.25, -0.2) is 8.78 Å². The molecule has 0 aliphatic carbocycles. The van der Waals surface area contributed by atoms with Crippen LogP contribution in [0.25, 0.3) is 0 Å². The quantitative estimate of drug-likeness (QED) is 0.836. The number of halogens is 2. The topological polar surface area (TPSA) is 24.1 Å². The summed E-state index contributed by atoms with van der Waals surface area (Å²) >= 11 is 5.18. The van der Waals surface area contributed by atoms with E-state index in [2.05, 4.69) is 10.6 Å². The molecule has 0 unspecified atom stereocenters. The third kappa shape index (κ3) is 3.99. The van der Waals surface area contributed by atoms with Crippen LogP contribution in [0.4, 0.5) is 14.5 Å². The molecule has 0 radical (unpaired) electrons. The molecule has 2 rings (SSSR count). The first-order chi connectivity index (χ1) is 9.54. The summed E-state index contributed by atoms with van der Waals surface area (Å²) in [6.45, 7) is 1.92. The number of thiocarbonyl (C=S) groups is 1. The fourth-order valence-corrected chi connectivity index (χ4v) is 2.03. The van der Waals surface area contributed by atoms with E-state index in [-0.39, 0.29) is 17.7 Å². The molecule has 0 heterocycles. The monoisotopic (exact) mass is 292 g/mol. The van der Waals surface area contributed by atoms with Gasteiger partial charge in [-0.2, -0.15) is 0 Å². The Balaban J connectivity index is 1.93. The number of rotatable bonds is 3. The molecule has 2 aromatic carbocycles. The van der Waals surface area contributed by atoms with Crippen LogP contribution < -0.4 is 10.6 Å². The molecule has 0 bridgehead atoms. The zero-order valence-electron chi connectivity index (χ0n) is 10.9. The molecular formula is C15H14F2N2S. The van der Waals surface area contributed by atoms with Gasteiger partial charge < -0.3 is 10.6 Å². The minimum Gasteiger partial charge on any atom is -0.356 e. The molecule has 0 amide bonds. The zero-order chi connectivity index (χ0) is 14.5. The van der Waals surface area contributed by atoms with E-state index in [9.17, 15) is 8.78 Å². The fourth-order valence-electron chi connectivity index (χ4n) is 1.73. The highest BCUT2D eigenvalue weighted by Gasteiger charge is 2.07. The van der Waals surface area contributed by atoms with E-state index >= 15 is 0 Å². The molecule has 2 nitrogen and oxygen atoms in total. The van der Waals surface area contributed by atoms with Crippen LogP contribution in [0, 0.1) is 11.6 Å². The highest BCUT2D eigenvalue weighted by molar-refractivity contribution is 7.80. The Morgan fingerprint density at radius 2 is 1.45 bits per heavy atom. The first-order valence-electron chi connectivity index (χ1n) is 6.13. The Hall–Kier alpha value is -2.01. The smallest absolute Gasteiger partial charge is 0.171 e. The van der Waals surface area contributed by atoms with Gasteiger partial charge in [0.2, 0.25) is 0 Å². The number of anilines is 1. The van der Waals surface area contributed by atoms with Crippen molar-refractivity contribution in [1.29, 1.82) is 0 Å².